The highest BCUT2D eigenvalue weighted by Crippen LogP contribution is 2.24. The molecule has 0 aromatic heterocycles. The molecule has 2 rings (SSSR count). The maximum Gasteiger partial charge on any atom is 0.323 e. The Morgan fingerprint density at radius 2 is 2.11 bits per heavy atom. The van der Waals surface area contributed by atoms with E-state index in [0.29, 0.717) is 13.0 Å². The molecule has 1 fully saturated rings. The Kier molecular flexibility index (Phi) is 3.62. The molecule has 1 amide bonds. The predicted octanol–water partition coefficient (Wildman–Crippen LogP) is -0.0598. The predicted molar refractivity (Wildman–Crippen MR) is 65.6 cm³/mol. The van der Waals surface area contributed by atoms with Crippen LogP contribution in [0.1, 0.15) is 5.56 Å². The molecule has 5 heteroatoms. The van der Waals surface area contributed by atoms with Gasteiger partial charge in [-0.25, -0.2) is 0 Å². The topological polar surface area (TPSA) is 72.4 Å². The summed E-state index contributed by atoms with van der Waals surface area (Å²) in [5, 5.41) is 0. The summed E-state index contributed by atoms with van der Waals surface area (Å²) in [6.45, 7) is 0.530. The van der Waals surface area contributed by atoms with Gasteiger partial charge in [0, 0.05) is 6.54 Å². The van der Waals surface area contributed by atoms with E-state index in [4.69, 9.17) is 10.5 Å². The number of nitrogens with two attached hydrogens (primary N) is 1. The van der Waals surface area contributed by atoms with Crippen LogP contribution in [-0.2, 0) is 20.7 Å². The van der Waals surface area contributed by atoms with Crippen molar-refractivity contribution in [3.05, 3.63) is 35.9 Å². The fraction of sp³-hybridized carbons (Fsp3) is 0.385. The summed E-state index contributed by atoms with van der Waals surface area (Å²) >= 11 is 0. The zero-order valence-corrected chi connectivity index (χ0v) is 10.2. The van der Waals surface area contributed by atoms with Crippen LogP contribution in [0.2, 0.25) is 0 Å². The first-order valence-corrected chi connectivity index (χ1v) is 5.80. The quantitative estimate of drug-likeness (QED) is 0.585. The van der Waals surface area contributed by atoms with Crippen molar-refractivity contribution in [1.82, 2.24) is 4.90 Å². The normalized spacial score (nSPS) is 23.2. The van der Waals surface area contributed by atoms with Crippen molar-refractivity contribution in [3.8, 4) is 0 Å². The molecule has 96 valence electrons. The number of hydrogen-bond acceptors (Lipinski definition) is 4. The van der Waals surface area contributed by atoms with Crippen molar-refractivity contribution in [2.45, 2.75) is 18.5 Å². The van der Waals surface area contributed by atoms with E-state index in [0.717, 1.165) is 5.56 Å². The number of carbonyl (C=O) groups excluding carboxylic acids is 2. The molecule has 0 spiro atoms. The van der Waals surface area contributed by atoms with Crippen LogP contribution in [0.25, 0.3) is 0 Å². The Morgan fingerprint density at radius 3 is 2.61 bits per heavy atom. The summed E-state index contributed by atoms with van der Waals surface area (Å²) < 4.78 is 4.78. The molecule has 0 saturated carbocycles. The monoisotopic (exact) mass is 248 g/mol. The molecule has 2 N–H and O–H groups in total. The van der Waals surface area contributed by atoms with E-state index in [2.05, 4.69) is 0 Å². The van der Waals surface area contributed by atoms with Gasteiger partial charge >= 0.3 is 5.97 Å². The van der Waals surface area contributed by atoms with Crippen molar-refractivity contribution < 1.29 is 14.3 Å². The van der Waals surface area contributed by atoms with Crippen LogP contribution in [0.3, 0.4) is 0 Å². The van der Waals surface area contributed by atoms with E-state index in [1.54, 1.807) is 4.90 Å². The molecule has 5 nitrogen and oxygen atoms in total. The van der Waals surface area contributed by atoms with Gasteiger partial charge in [-0.05, 0) is 12.0 Å². The number of amides is 1. The molecule has 1 aromatic rings. The Balaban J connectivity index is 2.08. The summed E-state index contributed by atoms with van der Waals surface area (Å²) in [6, 6.07) is 8.86. The van der Waals surface area contributed by atoms with Gasteiger partial charge in [-0.3, -0.25) is 14.5 Å². The van der Waals surface area contributed by atoms with E-state index in [1.165, 1.54) is 7.11 Å². The minimum Gasteiger partial charge on any atom is -0.468 e. The standard InChI is InChI=1S/C13H16N2O3/c1-18-13(17)10(15-8-11(15)12(14)16)7-9-5-3-2-4-6-9/h2-6,10-11H,7-8H2,1H3,(H2,14,16)/t10-,11-,15?/m1/s1. The fourth-order valence-corrected chi connectivity index (χ4v) is 2.06. The van der Waals surface area contributed by atoms with Gasteiger partial charge in [-0.1, -0.05) is 30.3 Å². The summed E-state index contributed by atoms with van der Waals surface area (Å²) in [5.74, 6) is -0.723. The third-order valence-electron chi connectivity index (χ3n) is 3.12. The lowest BCUT2D eigenvalue weighted by Crippen LogP contribution is -2.36. The number of methoxy groups -OCH3 is 1. The maximum absolute atomic E-state index is 11.7. The van der Waals surface area contributed by atoms with Crippen molar-refractivity contribution in [1.29, 1.82) is 0 Å². The second-order valence-corrected chi connectivity index (χ2v) is 4.34. The van der Waals surface area contributed by atoms with Crippen LogP contribution in [0.15, 0.2) is 30.3 Å². The molecule has 1 heterocycles. The highest BCUT2D eigenvalue weighted by Gasteiger charge is 2.46. The molecule has 1 aliphatic rings. The number of ether oxygens (including phenoxy) is 1. The zero-order chi connectivity index (χ0) is 13.1. The van der Waals surface area contributed by atoms with Gasteiger partial charge in [0.15, 0.2) is 0 Å². The van der Waals surface area contributed by atoms with Gasteiger partial charge in [0.1, 0.15) is 12.1 Å². The smallest absolute Gasteiger partial charge is 0.323 e. The van der Waals surface area contributed by atoms with Crippen molar-refractivity contribution in [3.63, 3.8) is 0 Å². The SMILES string of the molecule is COC(=O)[C@@H](Cc1ccccc1)N1C[C@@H]1C(N)=O. The number of primary amides is 1. The molecule has 0 radical (unpaired) electrons. The fourth-order valence-electron chi connectivity index (χ4n) is 2.06. The van der Waals surface area contributed by atoms with Crippen LogP contribution in [-0.4, -0.2) is 42.5 Å². The van der Waals surface area contributed by atoms with E-state index in [1.807, 2.05) is 30.3 Å². The molecule has 18 heavy (non-hydrogen) atoms. The van der Waals surface area contributed by atoms with Gasteiger partial charge in [-0.15, -0.1) is 0 Å². The van der Waals surface area contributed by atoms with Gasteiger partial charge < -0.3 is 10.5 Å². The molecule has 1 aromatic carbocycles. The van der Waals surface area contributed by atoms with Crippen LogP contribution < -0.4 is 5.73 Å². The van der Waals surface area contributed by atoms with Crippen molar-refractivity contribution >= 4 is 11.9 Å². The number of carbonyl (C=O) groups is 2. The molecule has 1 saturated heterocycles. The molecule has 1 aliphatic heterocycles. The third kappa shape index (κ3) is 2.68. The first-order valence-electron chi connectivity index (χ1n) is 5.80. The van der Waals surface area contributed by atoms with Crippen molar-refractivity contribution in [2.75, 3.05) is 13.7 Å². The molecule has 1 unspecified atom stereocenters. The number of rotatable bonds is 5. The van der Waals surface area contributed by atoms with Gasteiger partial charge in [0.05, 0.1) is 7.11 Å². The Morgan fingerprint density at radius 1 is 1.44 bits per heavy atom. The first kappa shape index (κ1) is 12.6. The number of hydrogen-bond donors (Lipinski definition) is 1. The second-order valence-electron chi connectivity index (χ2n) is 4.34. The number of nitrogens with zero attached hydrogens (tertiary/aromatic N) is 1. The second kappa shape index (κ2) is 5.18. The Bertz CT molecular complexity index is 447. The molecule has 0 aliphatic carbocycles. The van der Waals surface area contributed by atoms with Crippen LogP contribution in [0.4, 0.5) is 0 Å². The first-order chi connectivity index (χ1) is 8.63. The molecule has 0 bridgehead atoms. The van der Waals surface area contributed by atoms with E-state index >= 15 is 0 Å². The van der Waals surface area contributed by atoms with Gasteiger partial charge in [0.2, 0.25) is 5.91 Å². The highest BCUT2D eigenvalue weighted by molar-refractivity contribution is 5.85. The van der Waals surface area contributed by atoms with E-state index < -0.39 is 11.9 Å². The van der Waals surface area contributed by atoms with Crippen LogP contribution in [0, 0.1) is 0 Å². The summed E-state index contributed by atoms with van der Waals surface area (Å²) in [6.07, 6.45) is 0.525. The lowest BCUT2D eigenvalue weighted by Gasteiger charge is -2.16. The van der Waals surface area contributed by atoms with E-state index in [-0.39, 0.29) is 12.0 Å². The average molecular weight is 248 g/mol. The van der Waals surface area contributed by atoms with Crippen molar-refractivity contribution in [2.24, 2.45) is 5.73 Å². The summed E-state index contributed by atoms with van der Waals surface area (Å²) in [5.41, 5.74) is 6.26. The zero-order valence-electron chi connectivity index (χ0n) is 10.2. The minimum absolute atomic E-state index is 0.331. The largest absolute Gasteiger partial charge is 0.468 e. The van der Waals surface area contributed by atoms with Crippen LogP contribution >= 0.6 is 0 Å². The Labute approximate surface area is 106 Å². The lowest BCUT2D eigenvalue weighted by atomic mass is 10.1. The molecular formula is C13H16N2O3. The number of benzene rings is 1. The van der Waals surface area contributed by atoms with Crippen LogP contribution in [0.5, 0.6) is 0 Å². The molecular weight excluding hydrogens is 232 g/mol. The lowest BCUT2D eigenvalue weighted by molar-refractivity contribution is -0.145. The average Bonchev–Trinajstić information content (AvgIpc) is 3.16. The van der Waals surface area contributed by atoms with Gasteiger partial charge in [0.25, 0.3) is 0 Å². The third-order valence-corrected chi connectivity index (χ3v) is 3.12. The minimum atomic E-state index is -0.435. The van der Waals surface area contributed by atoms with Gasteiger partial charge in [-0.2, -0.15) is 0 Å². The molecule has 3 atom stereocenters. The summed E-state index contributed by atoms with van der Waals surface area (Å²) in [7, 11) is 1.35. The summed E-state index contributed by atoms with van der Waals surface area (Å²) in [4.78, 5) is 24.6. The maximum atomic E-state index is 11.7. The van der Waals surface area contributed by atoms with E-state index in [9.17, 15) is 9.59 Å². The number of esters is 1. The highest BCUT2D eigenvalue weighted by atomic mass is 16.5. The Hall–Kier alpha value is -1.88.